The summed E-state index contributed by atoms with van der Waals surface area (Å²) in [7, 11) is 0. The molecule has 2 heteroatoms. The average molecular weight is 223 g/mol. The summed E-state index contributed by atoms with van der Waals surface area (Å²) in [6.45, 7) is 9.07. The smallest absolute Gasteiger partial charge is 0.221 e. The molecule has 1 amide bonds. The van der Waals surface area contributed by atoms with Crippen molar-refractivity contribution in [2.24, 2.45) is 17.3 Å². The summed E-state index contributed by atoms with van der Waals surface area (Å²) < 4.78 is 0. The van der Waals surface area contributed by atoms with Gasteiger partial charge in [0.05, 0.1) is 0 Å². The molecule has 2 nitrogen and oxygen atoms in total. The lowest BCUT2D eigenvalue weighted by Crippen LogP contribution is -2.53. The van der Waals surface area contributed by atoms with Crippen LogP contribution in [0.2, 0.25) is 0 Å². The van der Waals surface area contributed by atoms with E-state index in [1.54, 1.807) is 0 Å². The zero-order valence-electron chi connectivity index (χ0n) is 11.1. The lowest BCUT2D eigenvalue weighted by Gasteiger charge is -2.50. The van der Waals surface area contributed by atoms with Crippen LogP contribution in [0, 0.1) is 17.3 Å². The molecule has 1 aliphatic carbocycles. The van der Waals surface area contributed by atoms with E-state index in [9.17, 15) is 4.79 Å². The van der Waals surface area contributed by atoms with E-state index in [4.69, 9.17) is 0 Å². The summed E-state index contributed by atoms with van der Waals surface area (Å²) in [5.74, 6) is 1.65. The fourth-order valence-electron chi connectivity index (χ4n) is 4.26. The van der Waals surface area contributed by atoms with E-state index < -0.39 is 0 Å². The van der Waals surface area contributed by atoms with Crippen LogP contribution in [-0.4, -0.2) is 11.4 Å². The number of hydrogen-bond acceptors (Lipinski definition) is 1. The predicted octanol–water partition coefficient (Wildman–Crippen LogP) is 3.12. The maximum Gasteiger partial charge on any atom is 0.221 e. The second kappa shape index (κ2) is 3.75. The van der Waals surface area contributed by atoms with Crippen LogP contribution in [0.25, 0.3) is 0 Å². The number of rotatable bonds is 1. The van der Waals surface area contributed by atoms with Gasteiger partial charge >= 0.3 is 0 Å². The minimum absolute atomic E-state index is 0.0144. The van der Waals surface area contributed by atoms with Crippen LogP contribution < -0.4 is 5.32 Å². The largest absolute Gasteiger partial charge is 0.351 e. The molecule has 16 heavy (non-hydrogen) atoms. The summed E-state index contributed by atoms with van der Waals surface area (Å²) >= 11 is 0. The highest BCUT2D eigenvalue weighted by molar-refractivity contribution is 5.81. The molecule has 0 aromatic carbocycles. The zero-order chi connectivity index (χ0) is 12.0. The lowest BCUT2D eigenvalue weighted by atomic mass is 9.55. The first-order valence-electron chi connectivity index (χ1n) is 6.70. The van der Waals surface area contributed by atoms with Crippen molar-refractivity contribution >= 4 is 5.91 Å². The highest BCUT2D eigenvalue weighted by Crippen LogP contribution is 2.56. The summed E-state index contributed by atoms with van der Waals surface area (Å²) in [6.07, 6.45) is 5.91. The Morgan fingerprint density at radius 3 is 2.50 bits per heavy atom. The summed E-state index contributed by atoms with van der Waals surface area (Å²) in [4.78, 5) is 11.8. The normalized spacial score (nSPS) is 38.1. The molecule has 2 fully saturated rings. The minimum Gasteiger partial charge on any atom is -0.351 e. The number of hydrogen-bond donors (Lipinski definition) is 1. The summed E-state index contributed by atoms with van der Waals surface area (Å²) in [5, 5.41) is 3.20. The minimum atomic E-state index is -0.0144. The number of amides is 1. The van der Waals surface area contributed by atoms with Gasteiger partial charge < -0.3 is 5.32 Å². The first-order valence-corrected chi connectivity index (χ1v) is 6.70. The molecule has 1 saturated heterocycles. The first kappa shape index (κ1) is 11.9. The standard InChI is InChI=1S/C14H25NO/c1-10(2)11-7-5-6-8-14(11)9-12(16)15-13(14,3)4/h10-11H,5-9H2,1-4H3,(H,15,16). The number of carbonyl (C=O) groups excluding carboxylic acids is 1. The zero-order valence-corrected chi connectivity index (χ0v) is 11.1. The van der Waals surface area contributed by atoms with Gasteiger partial charge in [0.2, 0.25) is 5.91 Å². The van der Waals surface area contributed by atoms with Gasteiger partial charge in [-0.1, -0.05) is 26.7 Å². The maximum atomic E-state index is 11.8. The van der Waals surface area contributed by atoms with E-state index in [2.05, 4.69) is 33.0 Å². The molecule has 0 radical (unpaired) electrons. The summed E-state index contributed by atoms with van der Waals surface area (Å²) in [6, 6.07) is 0. The Kier molecular flexibility index (Phi) is 2.80. The number of carbonyl (C=O) groups is 1. The van der Waals surface area contributed by atoms with E-state index >= 15 is 0 Å². The highest BCUT2D eigenvalue weighted by atomic mass is 16.2. The van der Waals surface area contributed by atoms with Crippen LogP contribution in [0.1, 0.15) is 59.8 Å². The van der Waals surface area contributed by atoms with E-state index in [1.807, 2.05) is 0 Å². The van der Waals surface area contributed by atoms with Crippen LogP contribution in [0.3, 0.4) is 0 Å². The molecule has 1 saturated carbocycles. The topological polar surface area (TPSA) is 29.1 Å². The molecule has 2 atom stereocenters. The summed E-state index contributed by atoms with van der Waals surface area (Å²) in [5.41, 5.74) is 0.204. The van der Waals surface area contributed by atoms with Crippen LogP contribution in [0.15, 0.2) is 0 Å². The molecule has 2 unspecified atom stereocenters. The third kappa shape index (κ3) is 1.57. The molecule has 0 bridgehead atoms. The van der Waals surface area contributed by atoms with E-state index in [-0.39, 0.29) is 16.9 Å². The van der Waals surface area contributed by atoms with Crippen molar-refractivity contribution in [1.82, 2.24) is 5.32 Å². The van der Waals surface area contributed by atoms with Gasteiger partial charge in [0, 0.05) is 17.4 Å². The Bertz CT molecular complexity index is 295. The third-order valence-corrected chi connectivity index (χ3v) is 5.08. The monoisotopic (exact) mass is 223 g/mol. The molecule has 2 aliphatic rings. The van der Waals surface area contributed by atoms with Crippen molar-refractivity contribution in [3.05, 3.63) is 0 Å². The molecule has 0 aromatic heterocycles. The van der Waals surface area contributed by atoms with Gasteiger partial charge in [-0.15, -0.1) is 0 Å². The molecular formula is C14H25NO. The predicted molar refractivity (Wildman–Crippen MR) is 66.1 cm³/mol. The van der Waals surface area contributed by atoms with E-state index in [0.717, 1.165) is 6.42 Å². The Morgan fingerprint density at radius 1 is 1.31 bits per heavy atom. The molecule has 92 valence electrons. The van der Waals surface area contributed by atoms with Gasteiger partial charge in [0.25, 0.3) is 0 Å². The quantitative estimate of drug-likeness (QED) is 0.727. The Balaban J connectivity index is 2.36. The van der Waals surface area contributed by atoms with Crippen molar-refractivity contribution in [2.45, 2.75) is 65.3 Å². The van der Waals surface area contributed by atoms with Gasteiger partial charge in [0.15, 0.2) is 0 Å². The van der Waals surface area contributed by atoms with Crippen molar-refractivity contribution in [1.29, 1.82) is 0 Å². The molecule has 1 heterocycles. The molecule has 0 aromatic rings. The third-order valence-electron chi connectivity index (χ3n) is 5.08. The van der Waals surface area contributed by atoms with Crippen LogP contribution >= 0.6 is 0 Å². The van der Waals surface area contributed by atoms with Gasteiger partial charge in [0.1, 0.15) is 0 Å². The first-order chi connectivity index (χ1) is 7.39. The van der Waals surface area contributed by atoms with Gasteiger partial charge in [-0.25, -0.2) is 0 Å². The van der Waals surface area contributed by atoms with Crippen LogP contribution in [0.4, 0.5) is 0 Å². The van der Waals surface area contributed by atoms with Crippen molar-refractivity contribution in [3.63, 3.8) is 0 Å². The highest BCUT2D eigenvalue weighted by Gasteiger charge is 2.57. The molecule has 1 N–H and O–H groups in total. The fraction of sp³-hybridized carbons (Fsp3) is 0.929. The Hall–Kier alpha value is -0.530. The van der Waals surface area contributed by atoms with Gasteiger partial charge in [-0.05, 0) is 38.5 Å². The lowest BCUT2D eigenvalue weighted by molar-refractivity contribution is -0.120. The number of nitrogens with one attached hydrogen (secondary N) is 1. The van der Waals surface area contributed by atoms with Gasteiger partial charge in [-0.3, -0.25) is 4.79 Å². The SMILES string of the molecule is CC(C)C1CCCCC12CC(=O)NC2(C)C. The van der Waals surface area contributed by atoms with Crippen LogP contribution in [0.5, 0.6) is 0 Å². The average Bonchev–Trinajstić information content (AvgIpc) is 2.36. The Labute approximate surface area is 99.2 Å². The molecular weight excluding hydrogens is 198 g/mol. The van der Waals surface area contributed by atoms with E-state index in [0.29, 0.717) is 11.8 Å². The van der Waals surface area contributed by atoms with E-state index in [1.165, 1.54) is 25.7 Å². The van der Waals surface area contributed by atoms with Gasteiger partial charge in [-0.2, -0.15) is 0 Å². The second-order valence-electron chi connectivity index (χ2n) is 6.60. The second-order valence-corrected chi connectivity index (χ2v) is 6.60. The molecule has 2 rings (SSSR count). The molecule has 1 aliphatic heterocycles. The Morgan fingerprint density at radius 2 is 2.00 bits per heavy atom. The fourth-order valence-corrected chi connectivity index (χ4v) is 4.26. The van der Waals surface area contributed by atoms with Crippen molar-refractivity contribution in [2.75, 3.05) is 0 Å². The maximum absolute atomic E-state index is 11.8. The molecule has 1 spiro atoms. The van der Waals surface area contributed by atoms with Crippen molar-refractivity contribution < 1.29 is 4.79 Å². The van der Waals surface area contributed by atoms with Crippen LogP contribution in [-0.2, 0) is 4.79 Å². The van der Waals surface area contributed by atoms with Crippen molar-refractivity contribution in [3.8, 4) is 0 Å².